The highest BCUT2D eigenvalue weighted by Gasteiger charge is 2.41. The highest BCUT2D eigenvalue weighted by Crippen LogP contribution is 2.41. The largest absolute Gasteiger partial charge is 0.392 e. The minimum Gasteiger partial charge on any atom is -0.392 e. The summed E-state index contributed by atoms with van der Waals surface area (Å²) in [4.78, 5) is 2.45. The van der Waals surface area contributed by atoms with Gasteiger partial charge in [-0.1, -0.05) is 13.8 Å². The molecule has 2 aliphatic rings. The zero-order valence-corrected chi connectivity index (χ0v) is 10.8. The van der Waals surface area contributed by atoms with Crippen LogP contribution >= 0.6 is 0 Å². The quantitative estimate of drug-likeness (QED) is 0.793. The van der Waals surface area contributed by atoms with Crippen LogP contribution < -0.4 is 0 Å². The monoisotopic (exact) mass is 227 g/mol. The molecule has 16 heavy (non-hydrogen) atoms. The molecule has 1 N–H and O–H groups in total. The van der Waals surface area contributed by atoms with E-state index in [2.05, 4.69) is 18.7 Å². The van der Waals surface area contributed by atoms with Crippen molar-refractivity contribution >= 4 is 0 Å². The number of aliphatic hydroxyl groups excluding tert-OH is 1. The van der Waals surface area contributed by atoms with Crippen LogP contribution in [0.3, 0.4) is 0 Å². The maximum Gasteiger partial charge on any atom is 0.0710 e. The van der Waals surface area contributed by atoms with Crippen molar-refractivity contribution in [3.63, 3.8) is 0 Å². The Labute approximate surface area is 98.8 Å². The standard InChI is InChI=1S/C13H25NO2/c1-13(2)6-4-10(12(13)15)8-14-7-5-11(9-14)16-3/h10-12,15H,4-9H2,1-3H3. The molecule has 2 fully saturated rings. The van der Waals surface area contributed by atoms with Crippen molar-refractivity contribution in [2.75, 3.05) is 26.7 Å². The maximum atomic E-state index is 10.2. The van der Waals surface area contributed by atoms with Crippen LogP contribution in [0.4, 0.5) is 0 Å². The summed E-state index contributed by atoms with van der Waals surface area (Å²) in [6, 6.07) is 0. The lowest BCUT2D eigenvalue weighted by atomic mass is 9.87. The molecular formula is C13H25NO2. The molecule has 0 bridgehead atoms. The molecule has 0 spiro atoms. The van der Waals surface area contributed by atoms with E-state index in [1.807, 2.05) is 0 Å². The number of likely N-dealkylation sites (tertiary alicyclic amines) is 1. The molecule has 0 amide bonds. The van der Waals surface area contributed by atoms with E-state index in [1.54, 1.807) is 7.11 Å². The lowest BCUT2D eigenvalue weighted by Crippen LogP contribution is -2.36. The molecule has 1 heterocycles. The predicted octanol–water partition coefficient (Wildman–Crippen LogP) is 1.50. The summed E-state index contributed by atoms with van der Waals surface area (Å²) in [5, 5.41) is 10.2. The fourth-order valence-corrected chi connectivity index (χ4v) is 3.18. The third-order valence-corrected chi connectivity index (χ3v) is 4.46. The number of hydrogen-bond donors (Lipinski definition) is 1. The summed E-state index contributed by atoms with van der Waals surface area (Å²) in [7, 11) is 1.79. The summed E-state index contributed by atoms with van der Waals surface area (Å²) in [6.45, 7) is 7.58. The molecule has 1 saturated carbocycles. The number of nitrogens with zero attached hydrogens (tertiary/aromatic N) is 1. The Morgan fingerprint density at radius 2 is 2.12 bits per heavy atom. The van der Waals surface area contributed by atoms with Gasteiger partial charge in [0.05, 0.1) is 12.2 Å². The van der Waals surface area contributed by atoms with Crippen LogP contribution in [-0.2, 0) is 4.74 Å². The van der Waals surface area contributed by atoms with Crippen molar-refractivity contribution in [1.82, 2.24) is 4.90 Å². The lowest BCUT2D eigenvalue weighted by molar-refractivity contribution is 0.0326. The zero-order valence-electron chi connectivity index (χ0n) is 10.8. The van der Waals surface area contributed by atoms with Gasteiger partial charge in [-0.25, -0.2) is 0 Å². The predicted molar refractivity (Wildman–Crippen MR) is 64.4 cm³/mol. The zero-order chi connectivity index (χ0) is 11.8. The Balaban J connectivity index is 1.83. The second kappa shape index (κ2) is 4.63. The van der Waals surface area contributed by atoms with Crippen LogP contribution in [-0.4, -0.2) is 49.0 Å². The highest BCUT2D eigenvalue weighted by atomic mass is 16.5. The van der Waals surface area contributed by atoms with Crippen molar-refractivity contribution in [2.45, 2.75) is 45.3 Å². The Kier molecular flexibility index (Phi) is 3.57. The average molecular weight is 227 g/mol. The second-order valence-electron chi connectivity index (χ2n) is 6.14. The van der Waals surface area contributed by atoms with E-state index in [0.717, 1.165) is 32.5 Å². The minimum atomic E-state index is -0.130. The number of methoxy groups -OCH3 is 1. The second-order valence-corrected chi connectivity index (χ2v) is 6.14. The van der Waals surface area contributed by atoms with Crippen molar-refractivity contribution in [2.24, 2.45) is 11.3 Å². The molecule has 1 saturated heterocycles. The first-order chi connectivity index (χ1) is 7.53. The smallest absolute Gasteiger partial charge is 0.0710 e. The Bertz CT molecular complexity index is 242. The van der Waals surface area contributed by atoms with Crippen LogP contribution in [0.25, 0.3) is 0 Å². The van der Waals surface area contributed by atoms with Gasteiger partial charge in [0.15, 0.2) is 0 Å². The molecule has 3 heteroatoms. The molecule has 0 radical (unpaired) electrons. The summed E-state index contributed by atoms with van der Waals surface area (Å²) >= 11 is 0. The third-order valence-electron chi connectivity index (χ3n) is 4.46. The third kappa shape index (κ3) is 2.41. The van der Waals surface area contributed by atoms with Crippen LogP contribution in [0.15, 0.2) is 0 Å². The van der Waals surface area contributed by atoms with Gasteiger partial charge in [-0.15, -0.1) is 0 Å². The van der Waals surface area contributed by atoms with Gasteiger partial charge in [0.2, 0.25) is 0 Å². The number of hydrogen-bond acceptors (Lipinski definition) is 3. The molecule has 0 aromatic rings. The first-order valence-corrected chi connectivity index (χ1v) is 6.46. The molecule has 3 unspecified atom stereocenters. The SMILES string of the molecule is COC1CCN(CC2CCC(C)(C)C2O)C1. The molecular weight excluding hydrogens is 202 g/mol. The summed E-state index contributed by atoms with van der Waals surface area (Å²) < 4.78 is 5.37. The van der Waals surface area contributed by atoms with Gasteiger partial charge < -0.3 is 14.7 Å². The molecule has 0 aromatic carbocycles. The fourth-order valence-electron chi connectivity index (χ4n) is 3.18. The van der Waals surface area contributed by atoms with Crippen LogP contribution in [0.1, 0.15) is 33.1 Å². The fraction of sp³-hybridized carbons (Fsp3) is 1.00. The van der Waals surface area contributed by atoms with Crippen LogP contribution in [0, 0.1) is 11.3 Å². The first-order valence-electron chi connectivity index (χ1n) is 6.46. The summed E-state index contributed by atoms with van der Waals surface area (Å²) in [5.41, 5.74) is 0.116. The number of aliphatic hydroxyl groups is 1. The summed E-state index contributed by atoms with van der Waals surface area (Å²) in [6.07, 6.45) is 3.74. The van der Waals surface area contributed by atoms with Crippen LogP contribution in [0.2, 0.25) is 0 Å². The van der Waals surface area contributed by atoms with Crippen molar-refractivity contribution < 1.29 is 9.84 Å². The molecule has 2 rings (SSSR count). The Hall–Kier alpha value is -0.120. The van der Waals surface area contributed by atoms with Crippen molar-refractivity contribution in [3.05, 3.63) is 0 Å². The lowest BCUT2D eigenvalue weighted by Gasteiger charge is -2.28. The van der Waals surface area contributed by atoms with Gasteiger partial charge in [-0.2, -0.15) is 0 Å². The topological polar surface area (TPSA) is 32.7 Å². The highest BCUT2D eigenvalue weighted by molar-refractivity contribution is 4.93. The molecule has 1 aliphatic heterocycles. The molecule has 0 aromatic heterocycles. The van der Waals surface area contributed by atoms with Crippen molar-refractivity contribution in [1.29, 1.82) is 0 Å². The Morgan fingerprint density at radius 1 is 1.38 bits per heavy atom. The van der Waals surface area contributed by atoms with E-state index in [9.17, 15) is 5.11 Å². The normalized spacial score (nSPS) is 39.4. The average Bonchev–Trinajstić information content (AvgIpc) is 2.79. The minimum absolute atomic E-state index is 0.116. The van der Waals surface area contributed by atoms with E-state index in [1.165, 1.54) is 6.42 Å². The molecule has 1 aliphatic carbocycles. The summed E-state index contributed by atoms with van der Waals surface area (Å²) in [5.74, 6) is 0.464. The molecule has 94 valence electrons. The van der Waals surface area contributed by atoms with E-state index in [-0.39, 0.29) is 11.5 Å². The van der Waals surface area contributed by atoms with Crippen molar-refractivity contribution in [3.8, 4) is 0 Å². The van der Waals surface area contributed by atoms with Gasteiger partial charge in [0, 0.05) is 26.7 Å². The Morgan fingerprint density at radius 3 is 2.62 bits per heavy atom. The molecule has 3 nitrogen and oxygen atoms in total. The van der Waals surface area contributed by atoms with Gasteiger partial charge >= 0.3 is 0 Å². The van der Waals surface area contributed by atoms with E-state index >= 15 is 0 Å². The van der Waals surface area contributed by atoms with Gasteiger partial charge in [0.25, 0.3) is 0 Å². The van der Waals surface area contributed by atoms with Gasteiger partial charge in [-0.3, -0.25) is 0 Å². The van der Waals surface area contributed by atoms with E-state index in [0.29, 0.717) is 12.0 Å². The molecule has 3 atom stereocenters. The van der Waals surface area contributed by atoms with Gasteiger partial charge in [0.1, 0.15) is 0 Å². The number of ether oxygens (including phenoxy) is 1. The van der Waals surface area contributed by atoms with E-state index < -0.39 is 0 Å². The maximum absolute atomic E-state index is 10.2. The first kappa shape index (κ1) is 12.3. The van der Waals surface area contributed by atoms with Gasteiger partial charge in [-0.05, 0) is 30.6 Å². The van der Waals surface area contributed by atoms with Crippen LogP contribution in [0.5, 0.6) is 0 Å². The van der Waals surface area contributed by atoms with E-state index in [4.69, 9.17) is 4.74 Å². The number of rotatable bonds is 3.